The van der Waals surface area contributed by atoms with Crippen LogP contribution in [0.4, 0.5) is 4.39 Å². The predicted octanol–water partition coefficient (Wildman–Crippen LogP) is 2.31. The van der Waals surface area contributed by atoms with Gasteiger partial charge in [-0.3, -0.25) is 0 Å². The fourth-order valence-corrected chi connectivity index (χ4v) is 1.30. The molecule has 0 aliphatic heterocycles. The van der Waals surface area contributed by atoms with E-state index < -0.39 is 0 Å². The first-order valence-corrected chi connectivity index (χ1v) is 4.49. The fraction of sp³-hybridized carbons (Fsp3) is 0.364. The summed E-state index contributed by atoms with van der Waals surface area (Å²) in [6.07, 6.45) is 1.57. The summed E-state index contributed by atoms with van der Waals surface area (Å²) in [6, 6.07) is 6.87. The second-order valence-corrected chi connectivity index (χ2v) is 3.26. The Kier molecular flexibility index (Phi) is 3.90. The van der Waals surface area contributed by atoms with Crippen LogP contribution in [-0.4, -0.2) is 6.54 Å². The standard InChI is InChI=1S/C11H15FN/c1-9(6-7-13)8-10-4-2-3-5-11(10)12/h2-5H,6-8,13H2,1H3. The summed E-state index contributed by atoms with van der Waals surface area (Å²) in [5, 5.41) is 0. The number of hydrogen-bond donors (Lipinski definition) is 1. The van der Waals surface area contributed by atoms with Gasteiger partial charge in [-0.2, -0.15) is 0 Å². The molecule has 2 heteroatoms. The Morgan fingerprint density at radius 3 is 2.69 bits per heavy atom. The number of benzene rings is 1. The van der Waals surface area contributed by atoms with E-state index in [1.54, 1.807) is 6.07 Å². The molecule has 0 aliphatic rings. The average Bonchev–Trinajstić information content (AvgIpc) is 2.09. The molecule has 0 aliphatic carbocycles. The molecule has 0 atom stereocenters. The van der Waals surface area contributed by atoms with Crippen LogP contribution >= 0.6 is 0 Å². The Bertz CT molecular complexity index is 260. The maximum absolute atomic E-state index is 13.1. The first kappa shape index (κ1) is 10.2. The topological polar surface area (TPSA) is 26.0 Å². The van der Waals surface area contributed by atoms with E-state index in [4.69, 9.17) is 5.73 Å². The molecule has 0 bridgehead atoms. The van der Waals surface area contributed by atoms with Gasteiger partial charge in [0.15, 0.2) is 0 Å². The van der Waals surface area contributed by atoms with E-state index in [2.05, 4.69) is 0 Å². The molecule has 0 unspecified atom stereocenters. The molecule has 0 amide bonds. The lowest BCUT2D eigenvalue weighted by molar-refractivity contribution is 0.606. The van der Waals surface area contributed by atoms with Gasteiger partial charge >= 0.3 is 0 Å². The number of halogens is 1. The van der Waals surface area contributed by atoms with Crippen LogP contribution in [0.1, 0.15) is 18.9 Å². The summed E-state index contributed by atoms with van der Waals surface area (Å²) in [5.74, 6) is 1.10. The molecule has 0 saturated carbocycles. The van der Waals surface area contributed by atoms with E-state index in [1.807, 2.05) is 19.1 Å². The second-order valence-electron chi connectivity index (χ2n) is 3.26. The van der Waals surface area contributed by atoms with Gasteiger partial charge in [-0.1, -0.05) is 25.1 Å². The van der Waals surface area contributed by atoms with Crippen molar-refractivity contribution < 1.29 is 4.39 Å². The zero-order valence-corrected chi connectivity index (χ0v) is 7.89. The minimum atomic E-state index is -0.126. The van der Waals surface area contributed by atoms with E-state index in [1.165, 1.54) is 12.0 Å². The Morgan fingerprint density at radius 1 is 1.38 bits per heavy atom. The highest BCUT2D eigenvalue weighted by atomic mass is 19.1. The summed E-state index contributed by atoms with van der Waals surface area (Å²) in [4.78, 5) is 0. The summed E-state index contributed by atoms with van der Waals surface area (Å²) in [5.41, 5.74) is 6.16. The second kappa shape index (κ2) is 4.97. The Balaban J connectivity index is 2.58. The van der Waals surface area contributed by atoms with Crippen molar-refractivity contribution in [3.8, 4) is 0 Å². The molecule has 1 nitrogen and oxygen atoms in total. The molecule has 0 spiro atoms. The van der Waals surface area contributed by atoms with Crippen LogP contribution in [0.3, 0.4) is 0 Å². The van der Waals surface area contributed by atoms with Crippen LogP contribution in [-0.2, 0) is 6.42 Å². The zero-order chi connectivity index (χ0) is 9.68. The molecule has 13 heavy (non-hydrogen) atoms. The van der Waals surface area contributed by atoms with Crippen LogP contribution in [0.2, 0.25) is 0 Å². The molecule has 0 aromatic heterocycles. The highest BCUT2D eigenvalue weighted by Gasteiger charge is 2.06. The Labute approximate surface area is 78.8 Å². The van der Waals surface area contributed by atoms with Crippen molar-refractivity contribution in [3.05, 3.63) is 41.6 Å². The Hall–Kier alpha value is -0.890. The molecule has 1 rings (SSSR count). The van der Waals surface area contributed by atoms with E-state index in [-0.39, 0.29) is 5.82 Å². The SMILES string of the molecule is C[C](CCN)Cc1ccccc1F. The molecule has 0 saturated heterocycles. The zero-order valence-electron chi connectivity index (χ0n) is 7.89. The van der Waals surface area contributed by atoms with Gasteiger partial charge in [0.1, 0.15) is 5.82 Å². The molecular formula is C11H15FN. The maximum atomic E-state index is 13.1. The van der Waals surface area contributed by atoms with Crippen molar-refractivity contribution in [2.75, 3.05) is 6.54 Å². The summed E-state index contributed by atoms with van der Waals surface area (Å²) < 4.78 is 13.1. The number of rotatable bonds is 4. The van der Waals surface area contributed by atoms with Crippen molar-refractivity contribution in [2.24, 2.45) is 5.73 Å². The van der Waals surface area contributed by atoms with Gasteiger partial charge in [0, 0.05) is 0 Å². The molecular weight excluding hydrogens is 165 g/mol. The van der Waals surface area contributed by atoms with Gasteiger partial charge in [0.25, 0.3) is 0 Å². The van der Waals surface area contributed by atoms with E-state index in [9.17, 15) is 4.39 Å². The predicted molar refractivity (Wildman–Crippen MR) is 52.7 cm³/mol. The molecule has 71 valence electrons. The van der Waals surface area contributed by atoms with Crippen LogP contribution in [0.25, 0.3) is 0 Å². The van der Waals surface area contributed by atoms with Gasteiger partial charge in [0.2, 0.25) is 0 Å². The minimum Gasteiger partial charge on any atom is -0.330 e. The Morgan fingerprint density at radius 2 is 2.08 bits per heavy atom. The van der Waals surface area contributed by atoms with Gasteiger partial charge in [-0.25, -0.2) is 4.39 Å². The lowest BCUT2D eigenvalue weighted by Crippen LogP contribution is -2.07. The third kappa shape index (κ3) is 3.15. The number of nitrogens with two attached hydrogens (primary N) is 1. The highest BCUT2D eigenvalue weighted by molar-refractivity contribution is 5.20. The molecule has 1 aromatic carbocycles. The van der Waals surface area contributed by atoms with Gasteiger partial charge < -0.3 is 5.73 Å². The van der Waals surface area contributed by atoms with Crippen molar-refractivity contribution in [2.45, 2.75) is 19.8 Å². The lowest BCUT2D eigenvalue weighted by atomic mass is 9.98. The lowest BCUT2D eigenvalue weighted by Gasteiger charge is -2.09. The van der Waals surface area contributed by atoms with E-state index in [0.29, 0.717) is 13.0 Å². The number of hydrogen-bond acceptors (Lipinski definition) is 1. The van der Waals surface area contributed by atoms with Crippen LogP contribution in [0, 0.1) is 11.7 Å². The van der Waals surface area contributed by atoms with Crippen molar-refractivity contribution in [3.63, 3.8) is 0 Å². The highest BCUT2D eigenvalue weighted by Crippen LogP contribution is 2.15. The summed E-state index contributed by atoms with van der Waals surface area (Å²) in [7, 11) is 0. The third-order valence-electron chi connectivity index (χ3n) is 2.02. The minimum absolute atomic E-state index is 0.126. The molecule has 0 fully saturated rings. The van der Waals surface area contributed by atoms with Gasteiger partial charge in [-0.05, 0) is 36.9 Å². The van der Waals surface area contributed by atoms with Gasteiger partial charge in [-0.15, -0.1) is 0 Å². The van der Waals surface area contributed by atoms with Crippen molar-refractivity contribution >= 4 is 0 Å². The molecule has 1 radical (unpaired) electrons. The van der Waals surface area contributed by atoms with Gasteiger partial charge in [0.05, 0.1) is 0 Å². The third-order valence-corrected chi connectivity index (χ3v) is 2.02. The van der Waals surface area contributed by atoms with Crippen LogP contribution in [0.5, 0.6) is 0 Å². The van der Waals surface area contributed by atoms with Crippen molar-refractivity contribution in [1.29, 1.82) is 0 Å². The molecule has 0 heterocycles. The molecule has 2 N–H and O–H groups in total. The summed E-state index contributed by atoms with van der Waals surface area (Å²) >= 11 is 0. The monoisotopic (exact) mass is 180 g/mol. The van der Waals surface area contributed by atoms with Crippen LogP contribution < -0.4 is 5.73 Å². The first-order valence-electron chi connectivity index (χ1n) is 4.49. The van der Waals surface area contributed by atoms with E-state index in [0.717, 1.165) is 12.0 Å². The van der Waals surface area contributed by atoms with Crippen LogP contribution in [0.15, 0.2) is 24.3 Å². The maximum Gasteiger partial charge on any atom is 0.126 e. The molecule has 1 aromatic rings. The smallest absolute Gasteiger partial charge is 0.126 e. The largest absolute Gasteiger partial charge is 0.330 e. The fourth-order valence-electron chi connectivity index (χ4n) is 1.30. The first-order chi connectivity index (χ1) is 6.24. The van der Waals surface area contributed by atoms with Crippen molar-refractivity contribution in [1.82, 2.24) is 0 Å². The normalized spacial score (nSPS) is 10.8. The average molecular weight is 180 g/mol. The quantitative estimate of drug-likeness (QED) is 0.756. The summed E-state index contributed by atoms with van der Waals surface area (Å²) in [6.45, 7) is 2.65. The van der Waals surface area contributed by atoms with E-state index >= 15 is 0 Å².